The molecule has 1 aromatic heterocycles. The van der Waals surface area contributed by atoms with Crippen molar-refractivity contribution in [3.8, 4) is 0 Å². The van der Waals surface area contributed by atoms with Crippen molar-refractivity contribution in [1.29, 1.82) is 0 Å². The molecule has 108 valence electrons. The molecule has 0 aromatic carbocycles. The summed E-state index contributed by atoms with van der Waals surface area (Å²) in [6.45, 7) is 1.40. The molecular weight excluding hydrogens is 261 g/mol. The van der Waals surface area contributed by atoms with E-state index >= 15 is 0 Å². The van der Waals surface area contributed by atoms with Crippen LogP contribution in [0.1, 0.15) is 19.3 Å². The maximum absolute atomic E-state index is 12.8. The van der Waals surface area contributed by atoms with E-state index in [4.69, 9.17) is 0 Å². The van der Waals surface area contributed by atoms with Gasteiger partial charge in [-0.1, -0.05) is 0 Å². The standard InChI is InChI=1S/C14H18FN3O2/c15-11-2-4-13(16-6-11)17-14(20)18-7-9-1-3-12(19)5-10(9)8-18/h2,4,6,9-10,12,19H,1,3,5,7-8H2,(H,16,17,20)/t9-,10+,12-/m1/s1. The van der Waals surface area contributed by atoms with Crippen molar-refractivity contribution in [3.63, 3.8) is 0 Å². The smallest absolute Gasteiger partial charge is 0.323 e. The lowest BCUT2D eigenvalue weighted by atomic mass is 9.80. The van der Waals surface area contributed by atoms with Gasteiger partial charge >= 0.3 is 6.03 Å². The van der Waals surface area contributed by atoms with Crippen molar-refractivity contribution in [1.82, 2.24) is 9.88 Å². The van der Waals surface area contributed by atoms with E-state index in [-0.39, 0.29) is 12.1 Å². The number of amides is 2. The van der Waals surface area contributed by atoms with Crippen molar-refractivity contribution in [2.24, 2.45) is 11.8 Å². The second-order valence-electron chi connectivity index (χ2n) is 5.68. The van der Waals surface area contributed by atoms with E-state index < -0.39 is 5.82 Å². The number of carbonyl (C=O) groups is 1. The molecule has 20 heavy (non-hydrogen) atoms. The summed E-state index contributed by atoms with van der Waals surface area (Å²) in [7, 11) is 0. The van der Waals surface area contributed by atoms with Crippen molar-refractivity contribution in [3.05, 3.63) is 24.1 Å². The molecule has 1 aliphatic heterocycles. The molecule has 3 rings (SSSR count). The lowest BCUT2D eigenvalue weighted by molar-refractivity contribution is 0.0866. The van der Waals surface area contributed by atoms with Crippen LogP contribution in [0, 0.1) is 17.7 Å². The number of likely N-dealkylation sites (tertiary alicyclic amines) is 1. The number of hydrogen-bond donors (Lipinski definition) is 2. The predicted molar refractivity (Wildman–Crippen MR) is 71.6 cm³/mol. The molecule has 0 unspecified atom stereocenters. The maximum Gasteiger partial charge on any atom is 0.323 e. The number of aliphatic hydroxyl groups is 1. The van der Waals surface area contributed by atoms with Crippen LogP contribution in [0.3, 0.4) is 0 Å². The molecule has 1 saturated carbocycles. The molecule has 2 fully saturated rings. The highest BCUT2D eigenvalue weighted by Gasteiger charge is 2.38. The van der Waals surface area contributed by atoms with Crippen molar-refractivity contribution >= 4 is 11.8 Å². The normalized spacial score (nSPS) is 29.1. The highest BCUT2D eigenvalue weighted by molar-refractivity contribution is 5.88. The van der Waals surface area contributed by atoms with E-state index in [0.29, 0.717) is 24.2 Å². The summed E-state index contributed by atoms with van der Waals surface area (Å²) in [5, 5.41) is 12.4. The number of aliphatic hydroxyl groups excluding tert-OH is 1. The number of aromatic nitrogens is 1. The molecule has 0 radical (unpaired) electrons. The Morgan fingerprint density at radius 2 is 2.15 bits per heavy atom. The van der Waals surface area contributed by atoms with Crippen LogP contribution in [0.2, 0.25) is 0 Å². The molecule has 1 saturated heterocycles. The molecule has 2 amide bonds. The number of nitrogens with one attached hydrogen (secondary N) is 1. The van der Waals surface area contributed by atoms with Crippen molar-refractivity contribution in [2.45, 2.75) is 25.4 Å². The third kappa shape index (κ3) is 2.75. The summed E-state index contributed by atoms with van der Waals surface area (Å²) in [6.07, 6.45) is 3.44. The first-order valence-electron chi connectivity index (χ1n) is 6.97. The van der Waals surface area contributed by atoms with E-state index in [1.54, 1.807) is 4.90 Å². The van der Waals surface area contributed by atoms with E-state index in [2.05, 4.69) is 10.3 Å². The van der Waals surface area contributed by atoms with E-state index in [9.17, 15) is 14.3 Å². The Morgan fingerprint density at radius 1 is 1.35 bits per heavy atom. The highest BCUT2D eigenvalue weighted by atomic mass is 19.1. The first-order chi connectivity index (χ1) is 9.61. The lowest BCUT2D eigenvalue weighted by Gasteiger charge is -2.27. The van der Waals surface area contributed by atoms with Crippen LogP contribution < -0.4 is 5.32 Å². The summed E-state index contributed by atoms with van der Waals surface area (Å²) in [6, 6.07) is 2.51. The topological polar surface area (TPSA) is 65.5 Å². The van der Waals surface area contributed by atoms with Gasteiger partial charge in [-0.2, -0.15) is 0 Å². The summed E-state index contributed by atoms with van der Waals surface area (Å²) in [5.41, 5.74) is 0. The first kappa shape index (κ1) is 13.3. The zero-order valence-electron chi connectivity index (χ0n) is 11.1. The van der Waals surface area contributed by atoms with Crippen LogP contribution in [0.15, 0.2) is 18.3 Å². The van der Waals surface area contributed by atoms with Gasteiger partial charge in [0, 0.05) is 13.1 Å². The predicted octanol–water partition coefficient (Wildman–Crippen LogP) is 1.85. The number of nitrogens with zero attached hydrogens (tertiary/aromatic N) is 2. The Hall–Kier alpha value is -1.69. The van der Waals surface area contributed by atoms with Crippen LogP contribution in [-0.2, 0) is 0 Å². The summed E-state index contributed by atoms with van der Waals surface area (Å²) < 4.78 is 12.8. The van der Waals surface area contributed by atoms with Crippen LogP contribution in [0.5, 0.6) is 0 Å². The summed E-state index contributed by atoms with van der Waals surface area (Å²) in [5.74, 6) is 0.812. The monoisotopic (exact) mass is 279 g/mol. The van der Waals surface area contributed by atoms with Crippen LogP contribution in [-0.4, -0.2) is 40.2 Å². The van der Waals surface area contributed by atoms with Gasteiger partial charge in [-0.25, -0.2) is 14.2 Å². The van der Waals surface area contributed by atoms with Crippen LogP contribution in [0.4, 0.5) is 15.0 Å². The molecule has 3 atom stereocenters. The fraction of sp³-hybridized carbons (Fsp3) is 0.571. The highest BCUT2D eigenvalue weighted by Crippen LogP contribution is 2.36. The molecule has 2 aliphatic rings. The fourth-order valence-electron chi connectivity index (χ4n) is 3.21. The molecule has 0 bridgehead atoms. The van der Waals surface area contributed by atoms with Gasteiger partial charge in [0.15, 0.2) is 0 Å². The first-order valence-corrected chi connectivity index (χ1v) is 6.97. The molecule has 0 spiro atoms. The Balaban J connectivity index is 1.60. The molecule has 1 aliphatic carbocycles. The van der Waals surface area contributed by atoms with Gasteiger partial charge in [-0.05, 0) is 43.2 Å². The Labute approximate surface area is 116 Å². The van der Waals surface area contributed by atoms with Gasteiger partial charge in [-0.15, -0.1) is 0 Å². The number of fused-ring (bicyclic) bond motifs is 1. The average Bonchev–Trinajstić information content (AvgIpc) is 2.84. The van der Waals surface area contributed by atoms with Crippen molar-refractivity contribution < 1.29 is 14.3 Å². The van der Waals surface area contributed by atoms with Gasteiger partial charge in [0.1, 0.15) is 11.6 Å². The number of carbonyl (C=O) groups excluding carboxylic acids is 1. The second kappa shape index (κ2) is 5.36. The van der Waals surface area contributed by atoms with Crippen LogP contribution >= 0.6 is 0 Å². The zero-order valence-corrected chi connectivity index (χ0v) is 11.1. The van der Waals surface area contributed by atoms with Gasteiger partial charge in [-0.3, -0.25) is 5.32 Å². The molecular formula is C14H18FN3O2. The summed E-state index contributed by atoms with van der Waals surface area (Å²) in [4.78, 5) is 17.7. The zero-order chi connectivity index (χ0) is 14.1. The number of hydrogen-bond acceptors (Lipinski definition) is 3. The number of rotatable bonds is 1. The fourth-order valence-corrected chi connectivity index (χ4v) is 3.21. The quantitative estimate of drug-likeness (QED) is 0.824. The molecule has 6 heteroatoms. The third-order valence-electron chi connectivity index (χ3n) is 4.27. The molecule has 1 aromatic rings. The van der Waals surface area contributed by atoms with E-state index in [1.807, 2.05) is 0 Å². The number of halogens is 1. The molecule has 2 N–H and O–H groups in total. The minimum atomic E-state index is -0.427. The van der Waals surface area contributed by atoms with Gasteiger partial charge < -0.3 is 10.0 Å². The van der Waals surface area contributed by atoms with Gasteiger partial charge in [0.05, 0.1) is 12.3 Å². The largest absolute Gasteiger partial charge is 0.393 e. The maximum atomic E-state index is 12.8. The Kier molecular flexibility index (Phi) is 3.56. The number of anilines is 1. The Morgan fingerprint density at radius 3 is 2.90 bits per heavy atom. The average molecular weight is 279 g/mol. The Bertz CT molecular complexity index is 494. The second-order valence-corrected chi connectivity index (χ2v) is 5.68. The molecule has 2 heterocycles. The van der Waals surface area contributed by atoms with Gasteiger partial charge in [0.25, 0.3) is 0 Å². The van der Waals surface area contributed by atoms with Gasteiger partial charge in [0.2, 0.25) is 0 Å². The lowest BCUT2D eigenvalue weighted by Crippen LogP contribution is -2.33. The minimum absolute atomic E-state index is 0.201. The van der Waals surface area contributed by atoms with E-state index in [0.717, 1.165) is 32.0 Å². The van der Waals surface area contributed by atoms with E-state index in [1.165, 1.54) is 12.1 Å². The summed E-state index contributed by atoms with van der Waals surface area (Å²) >= 11 is 0. The molecule has 5 nitrogen and oxygen atoms in total. The van der Waals surface area contributed by atoms with Crippen LogP contribution in [0.25, 0.3) is 0 Å². The number of pyridine rings is 1. The third-order valence-corrected chi connectivity index (χ3v) is 4.27. The van der Waals surface area contributed by atoms with Crippen molar-refractivity contribution in [2.75, 3.05) is 18.4 Å². The number of urea groups is 1. The SMILES string of the molecule is O=C(Nc1ccc(F)cn1)N1C[C@H]2CC[C@@H](O)C[C@H]2C1. The minimum Gasteiger partial charge on any atom is -0.393 e.